The first kappa shape index (κ1) is 14.6. The molecule has 0 fully saturated rings. The Bertz CT molecular complexity index is 553. The van der Waals surface area contributed by atoms with Crippen molar-refractivity contribution in [3.8, 4) is 0 Å². The molecule has 0 aliphatic carbocycles. The van der Waals surface area contributed by atoms with Crippen LogP contribution in [0, 0.1) is 6.92 Å². The summed E-state index contributed by atoms with van der Waals surface area (Å²) in [6.07, 6.45) is 0. The zero-order valence-corrected chi connectivity index (χ0v) is 11.3. The summed E-state index contributed by atoms with van der Waals surface area (Å²) >= 11 is 0. The normalized spacial score (nSPS) is 13.1. The predicted octanol–water partition coefficient (Wildman–Crippen LogP) is 0.189. The Hall–Kier alpha value is -1.44. The van der Waals surface area contributed by atoms with E-state index >= 15 is 0 Å². The molecule has 0 aliphatic heterocycles. The van der Waals surface area contributed by atoms with Crippen LogP contribution in [0.15, 0.2) is 23.1 Å². The zero-order valence-electron chi connectivity index (χ0n) is 10.5. The number of carbonyl (C=O) groups excluding carboxylic acids is 1. The van der Waals surface area contributed by atoms with Gasteiger partial charge in [-0.25, -0.2) is 13.1 Å². The maximum absolute atomic E-state index is 11.7. The molecule has 0 unspecified atom stereocenters. The molecule has 7 heteroatoms. The monoisotopic (exact) mass is 271 g/mol. The van der Waals surface area contributed by atoms with Crippen LogP contribution in [-0.4, -0.2) is 27.4 Å². The average Bonchev–Trinajstić information content (AvgIpc) is 2.31. The molecule has 18 heavy (non-hydrogen) atoms. The number of benzene rings is 1. The number of carbonyl (C=O) groups is 1. The van der Waals surface area contributed by atoms with Gasteiger partial charge in [-0.05, 0) is 38.6 Å². The summed E-state index contributed by atoms with van der Waals surface area (Å²) in [4.78, 5) is 11.6. The summed E-state index contributed by atoms with van der Waals surface area (Å²) in [5.74, 6) is -0.369. The first-order chi connectivity index (χ1) is 8.27. The van der Waals surface area contributed by atoms with Crippen LogP contribution in [0.4, 0.5) is 5.69 Å². The molecule has 1 amide bonds. The summed E-state index contributed by atoms with van der Waals surface area (Å²) in [7, 11) is -2.20. The Morgan fingerprint density at radius 3 is 2.50 bits per heavy atom. The van der Waals surface area contributed by atoms with Gasteiger partial charge in [0.2, 0.25) is 15.9 Å². The van der Waals surface area contributed by atoms with Gasteiger partial charge < -0.3 is 11.1 Å². The van der Waals surface area contributed by atoms with Crippen molar-refractivity contribution in [3.05, 3.63) is 23.8 Å². The SMILES string of the molecule is CNS(=O)(=O)c1cc(NC(=O)[C@H](C)N)ccc1C. The largest absolute Gasteiger partial charge is 0.325 e. The van der Waals surface area contributed by atoms with E-state index in [0.717, 1.165) is 0 Å². The number of amides is 1. The smallest absolute Gasteiger partial charge is 0.240 e. The Morgan fingerprint density at radius 1 is 1.39 bits per heavy atom. The molecule has 100 valence electrons. The lowest BCUT2D eigenvalue weighted by Gasteiger charge is -2.11. The van der Waals surface area contributed by atoms with Crippen molar-refractivity contribution in [1.82, 2.24) is 4.72 Å². The molecule has 0 saturated carbocycles. The summed E-state index contributed by atoms with van der Waals surface area (Å²) in [6.45, 7) is 3.23. The van der Waals surface area contributed by atoms with Gasteiger partial charge in [0.05, 0.1) is 10.9 Å². The van der Waals surface area contributed by atoms with Crippen molar-refractivity contribution >= 4 is 21.6 Å². The van der Waals surface area contributed by atoms with Gasteiger partial charge in [-0.3, -0.25) is 4.79 Å². The van der Waals surface area contributed by atoms with Crippen LogP contribution in [0.1, 0.15) is 12.5 Å². The molecule has 0 spiro atoms. The number of anilines is 1. The van der Waals surface area contributed by atoms with E-state index in [4.69, 9.17) is 5.73 Å². The van der Waals surface area contributed by atoms with E-state index in [1.54, 1.807) is 26.0 Å². The Labute approximate surface area is 107 Å². The molecular formula is C11H17N3O3S. The number of nitrogens with one attached hydrogen (secondary N) is 2. The average molecular weight is 271 g/mol. The molecule has 1 aromatic carbocycles. The molecule has 0 aliphatic rings. The maximum Gasteiger partial charge on any atom is 0.240 e. The predicted molar refractivity (Wildman–Crippen MR) is 69.7 cm³/mol. The van der Waals surface area contributed by atoms with Crippen LogP contribution in [0.3, 0.4) is 0 Å². The number of hydrogen-bond donors (Lipinski definition) is 3. The fourth-order valence-electron chi connectivity index (χ4n) is 1.33. The van der Waals surface area contributed by atoms with Gasteiger partial charge >= 0.3 is 0 Å². The topological polar surface area (TPSA) is 101 Å². The van der Waals surface area contributed by atoms with Gasteiger partial charge in [-0.2, -0.15) is 0 Å². The summed E-state index contributed by atoms with van der Waals surface area (Å²) in [6, 6.07) is 4.00. The van der Waals surface area contributed by atoms with Crippen LogP contribution in [-0.2, 0) is 14.8 Å². The minimum Gasteiger partial charge on any atom is -0.325 e. The van der Waals surface area contributed by atoms with Crippen molar-refractivity contribution in [2.75, 3.05) is 12.4 Å². The van der Waals surface area contributed by atoms with Crippen LogP contribution in [0.25, 0.3) is 0 Å². The third kappa shape index (κ3) is 3.28. The number of hydrogen-bond acceptors (Lipinski definition) is 4. The molecule has 0 heterocycles. The molecule has 4 N–H and O–H groups in total. The van der Waals surface area contributed by atoms with E-state index in [2.05, 4.69) is 10.0 Å². The molecule has 6 nitrogen and oxygen atoms in total. The fraction of sp³-hybridized carbons (Fsp3) is 0.364. The van der Waals surface area contributed by atoms with E-state index in [0.29, 0.717) is 11.3 Å². The lowest BCUT2D eigenvalue weighted by atomic mass is 10.2. The Balaban J connectivity index is 3.13. The maximum atomic E-state index is 11.7. The third-order valence-electron chi connectivity index (χ3n) is 2.43. The first-order valence-electron chi connectivity index (χ1n) is 5.38. The van der Waals surface area contributed by atoms with Gasteiger partial charge in [0.15, 0.2) is 0 Å². The highest BCUT2D eigenvalue weighted by Gasteiger charge is 2.16. The lowest BCUT2D eigenvalue weighted by molar-refractivity contribution is -0.117. The molecule has 1 rings (SSSR count). The van der Waals surface area contributed by atoms with Gasteiger partial charge in [0, 0.05) is 5.69 Å². The van der Waals surface area contributed by atoms with Gasteiger partial charge in [0.1, 0.15) is 0 Å². The highest BCUT2D eigenvalue weighted by molar-refractivity contribution is 7.89. The van der Waals surface area contributed by atoms with Crippen molar-refractivity contribution in [3.63, 3.8) is 0 Å². The van der Waals surface area contributed by atoms with E-state index in [1.165, 1.54) is 13.1 Å². The quantitative estimate of drug-likeness (QED) is 0.727. The molecule has 0 saturated heterocycles. The van der Waals surface area contributed by atoms with Gasteiger partial charge in [0.25, 0.3) is 0 Å². The van der Waals surface area contributed by atoms with Gasteiger partial charge in [-0.15, -0.1) is 0 Å². The molecule has 0 radical (unpaired) electrons. The standard InChI is InChI=1S/C11H17N3O3S/c1-7-4-5-9(14-11(15)8(2)12)6-10(7)18(16,17)13-3/h4-6,8,13H,12H2,1-3H3,(H,14,15)/t8-/m0/s1. The first-order valence-corrected chi connectivity index (χ1v) is 6.87. The van der Waals surface area contributed by atoms with Crippen LogP contribution in [0.5, 0.6) is 0 Å². The number of rotatable bonds is 4. The number of aryl methyl sites for hydroxylation is 1. The van der Waals surface area contributed by atoms with Crippen molar-refractivity contribution in [1.29, 1.82) is 0 Å². The van der Waals surface area contributed by atoms with E-state index < -0.39 is 16.1 Å². The minimum absolute atomic E-state index is 0.132. The van der Waals surface area contributed by atoms with E-state index in [1.807, 2.05) is 0 Å². The molecule has 0 bridgehead atoms. The van der Waals surface area contributed by atoms with Crippen molar-refractivity contribution in [2.24, 2.45) is 5.73 Å². The zero-order chi connectivity index (χ0) is 13.9. The number of nitrogens with two attached hydrogens (primary N) is 1. The fourth-order valence-corrected chi connectivity index (χ4v) is 2.33. The molecule has 0 aromatic heterocycles. The third-order valence-corrected chi connectivity index (χ3v) is 3.98. The summed E-state index contributed by atoms with van der Waals surface area (Å²) < 4.78 is 25.7. The van der Waals surface area contributed by atoms with Gasteiger partial charge in [-0.1, -0.05) is 6.07 Å². The summed E-state index contributed by atoms with van der Waals surface area (Å²) in [5, 5.41) is 2.55. The lowest BCUT2D eigenvalue weighted by Crippen LogP contribution is -2.32. The Kier molecular flexibility index (Phi) is 4.44. The van der Waals surface area contributed by atoms with E-state index in [-0.39, 0.29) is 10.8 Å². The second-order valence-electron chi connectivity index (χ2n) is 3.97. The van der Waals surface area contributed by atoms with Crippen LogP contribution >= 0.6 is 0 Å². The number of sulfonamides is 1. The van der Waals surface area contributed by atoms with Crippen LogP contribution < -0.4 is 15.8 Å². The van der Waals surface area contributed by atoms with E-state index in [9.17, 15) is 13.2 Å². The second-order valence-corrected chi connectivity index (χ2v) is 5.82. The molecule has 1 aromatic rings. The summed E-state index contributed by atoms with van der Waals surface area (Å²) in [5.41, 5.74) is 6.42. The second kappa shape index (κ2) is 5.47. The highest BCUT2D eigenvalue weighted by Crippen LogP contribution is 2.19. The highest BCUT2D eigenvalue weighted by atomic mass is 32.2. The van der Waals surface area contributed by atoms with Crippen molar-refractivity contribution < 1.29 is 13.2 Å². The molecule has 1 atom stereocenters. The Morgan fingerprint density at radius 2 is 2.00 bits per heavy atom. The van der Waals surface area contributed by atoms with Crippen molar-refractivity contribution in [2.45, 2.75) is 24.8 Å². The van der Waals surface area contributed by atoms with Crippen LogP contribution in [0.2, 0.25) is 0 Å². The minimum atomic E-state index is -3.54. The molecular weight excluding hydrogens is 254 g/mol.